The molecule has 0 radical (unpaired) electrons. The van der Waals surface area contributed by atoms with Crippen LogP contribution in [0, 0.1) is 0 Å². The maximum atomic E-state index is 8.81. The van der Waals surface area contributed by atoms with Gasteiger partial charge in [0.05, 0.1) is 40.1 Å². The summed E-state index contributed by atoms with van der Waals surface area (Å²) < 4.78 is 46.9. The largest absolute Gasteiger partial charge is 0.309 e. The molecule has 0 spiro atoms. The molecule has 0 amide bonds. The monoisotopic (exact) mass is 669 g/mol. The summed E-state index contributed by atoms with van der Waals surface area (Å²) in [5.74, 6) is 0.333. The molecule has 0 N–H and O–H groups in total. The van der Waals surface area contributed by atoms with E-state index >= 15 is 0 Å². The molecule has 4 heteroatoms. The third kappa shape index (κ3) is 4.69. The molecule has 0 bridgehead atoms. The first-order valence-corrected chi connectivity index (χ1v) is 17.1. The molecule has 0 aliphatic carbocycles. The van der Waals surface area contributed by atoms with Gasteiger partial charge in [-0.25, -0.2) is 9.97 Å². The molecule has 4 nitrogen and oxygen atoms in total. The molecule has 0 saturated carbocycles. The average Bonchev–Trinajstić information content (AvgIpc) is 3.76. The van der Waals surface area contributed by atoms with E-state index in [1.54, 1.807) is 6.08 Å². The Labute approximate surface area is 307 Å². The minimum absolute atomic E-state index is 0.0352. The zero-order valence-corrected chi connectivity index (χ0v) is 27.9. The zero-order valence-electron chi connectivity index (χ0n) is 32.9. The van der Waals surface area contributed by atoms with Crippen LogP contribution in [0.5, 0.6) is 0 Å². The fraction of sp³-hybridized carbons (Fsp3) is 0. The van der Waals surface area contributed by atoms with Crippen molar-refractivity contribution in [1.29, 1.82) is 0 Å². The fourth-order valence-electron chi connectivity index (χ4n) is 7.53. The van der Waals surface area contributed by atoms with Crippen molar-refractivity contribution in [2.24, 2.45) is 0 Å². The maximum Gasteiger partial charge on any atom is 0.235 e. The van der Waals surface area contributed by atoms with Gasteiger partial charge in [-0.2, -0.15) is 0 Å². The van der Waals surface area contributed by atoms with Crippen LogP contribution in [0.2, 0.25) is 0 Å². The third-order valence-electron chi connectivity index (χ3n) is 9.78. The molecule has 10 rings (SSSR count). The summed E-state index contributed by atoms with van der Waals surface area (Å²) in [6, 6.07) is 43.5. The Bertz CT molecular complexity index is 3300. The summed E-state index contributed by atoms with van der Waals surface area (Å²) in [7, 11) is 0. The Morgan fingerprint density at radius 1 is 0.538 bits per heavy atom. The Kier molecular flexibility index (Phi) is 5.81. The van der Waals surface area contributed by atoms with Gasteiger partial charge in [-0.05, 0) is 71.3 Å². The molecule has 0 aliphatic rings. The topological polar surface area (TPSA) is 35.6 Å². The molecular weight excluding hydrogens is 633 g/mol. The summed E-state index contributed by atoms with van der Waals surface area (Å²) in [5, 5.41) is 4.90. The van der Waals surface area contributed by atoms with Crippen molar-refractivity contribution in [3.63, 3.8) is 0 Å². The number of rotatable bonds is 6. The summed E-state index contributed by atoms with van der Waals surface area (Å²) in [6.45, 7) is 3.96. The maximum absolute atomic E-state index is 8.81. The van der Waals surface area contributed by atoms with Crippen LogP contribution < -0.4 is 0 Å². The highest BCUT2D eigenvalue weighted by atomic mass is 15.2. The van der Waals surface area contributed by atoms with E-state index in [4.69, 9.17) is 16.8 Å². The van der Waals surface area contributed by atoms with Crippen LogP contribution >= 0.6 is 0 Å². The molecule has 3 heterocycles. The number of nitrogens with zero attached hydrogens (tertiary/aromatic N) is 4. The first-order valence-electron chi connectivity index (χ1n) is 19.6. The summed E-state index contributed by atoms with van der Waals surface area (Å²) in [6.07, 6.45) is 5.86. The lowest BCUT2D eigenvalue weighted by atomic mass is 9.95. The van der Waals surface area contributed by atoms with Crippen LogP contribution in [0.25, 0.3) is 94.6 Å². The molecule has 52 heavy (non-hydrogen) atoms. The first kappa shape index (κ1) is 25.0. The standard InChI is InChI=1S/C48H32N4/c1-2-3-16-33-30-46-41(37-22-11-14-25-43(37)51(46)35-19-8-5-9-20-35)31-39(33)34-27-28-45-40(29-34)36-21-12-15-26-44(36)52(45)48-49-42-24-13-10-23-38(42)47(50-48)32-17-6-4-7-18-32/h2-31H,1H2/b16-3-/i4D,6D,7D,17D,18D. The number of allylic oxidation sites excluding steroid dienone is 2. The number of hydrogen-bond donors (Lipinski definition) is 0. The highest BCUT2D eigenvalue weighted by Gasteiger charge is 2.20. The minimum atomic E-state index is -0.449. The molecule has 244 valence electrons. The van der Waals surface area contributed by atoms with Crippen molar-refractivity contribution < 1.29 is 6.85 Å². The van der Waals surface area contributed by atoms with Crippen molar-refractivity contribution >= 4 is 60.6 Å². The Balaban J connectivity index is 1.23. The molecule has 0 fully saturated rings. The molecular formula is C48H32N4. The van der Waals surface area contributed by atoms with E-state index in [9.17, 15) is 0 Å². The lowest BCUT2D eigenvalue weighted by Crippen LogP contribution is -2.03. The van der Waals surface area contributed by atoms with Gasteiger partial charge in [-0.3, -0.25) is 4.57 Å². The molecule has 0 atom stereocenters. The van der Waals surface area contributed by atoms with Gasteiger partial charge in [0.2, 0.25) is 5.95 Å². The van der Waals surface area contributed by atoms with Gasteiger partial charge in [0, 0.05) is 38.2 Å². The smallest absolute Gasteiger partial charge is 0.235 e. The van der Waals surface area contributed by atoms with E-state index in [2.05, 4.69) is 102 Å². The van der Waals surface area contributed by atoms with Gasteiger partial charge in [-0.1, -0.05) is 134 Å². The van der Waals surface area contributed by atoms with Gasteiger partial charge in [0.1, 0.15) is 0 Å². The molecule has 3 aromatic heterocycles. The number of fused-ring (bicyclic) bond motifs is 7. The van der Waals surface area contributed by atoms with Crippen LogP contribution in [0.15, 0.2) is 182 Å². The highest BCUT2D eigenvalue weighted by Crippen LogP contribution is 2.40. The minimum Gasteiger partial charge on any atom is -0.309 e. The van der Waals surface area contributed by atoms with Crippen molar-refractivity contribution in [3.05, 3.63) is 188 Å². The van der Waals surface area contributed by atoms with Crippen molar-refractivity contribution in [2.45, 2.75) is 0 Å². The molecule has 0 saturated heterocycles. The quantitative estimate of drug-likeness (QED) is 0.165. The van der Waals surface area contributed by atoms with Crippen LogP contribution in [-0.2, 0) is 0 Å². The number of benzene rings is 7. The van der Waals surface area contributed by atoms with Gasteiger partial charge < -0.3 is 4.57 Å². The zero-order chi connectivity index (χ0) is 38.9. The van der Waals surface area contributed by atoms with Gasteiger partial charge in [-0.15, -0.1) is 0 Å². The predicted molar refractivity (Wildman–Crippen MR) is 218 cm³/mol. The van der Waals surface area contributed by atoms with E-state index in [1.165, 1.54) is 0 Å². The van der Waals surface area contributed by atoms with Gasteiger partial charge in [0.15, 0.2) is 0 Å². The van der Waals surface area contributed by atoms with Crippen molar-refractivity contribution in [2.75, 3.05) is 0 Å². The normalized spacial score (nSPS) is 13.2. The summed E-state index contributed by atoms with van der Waals surface area (Å²) in [5.41, 5.74) is 9.13. The van der Waals surface area contributed by atoms with Gasteiger partial charge >= 0.3 is 0 Å². The van der Waals surface area contributed by atoms with Crippen LogP contribution in [0.1, 0.15) is 12.4 Å². The van der Waals surface area contributed by atoms with E-state index in [1.807, 2.05) is 59.2 Å². The van der Waals surface area contributed by atoms with Gasteiger partial charge in [0.25, 0.3) is 0 Å². The highest BCUT2D eigenvalue weighted by molar-refractivity contribution is 6.13. The van der Waals surface area contributed by atoms with Crippen molar-refractivity contribution in [3.8, 4) is 34.0 Å². The number of para-hydroxylation sites is 4. The van der Waals surface area contributed by atoms with E-state index in [-0.39, 0.29) is 23.3 Å². The Morgan fingerprint density at radius 3 is 1.96 bits per heavy atom. The average molecular weight is 670 g/mol. The fourth-order valence-corrected chi connectivity index (χ4v) is 7.53. The van der Waals surface area contributed by atoms with E-state index in [0.717, 1.165) is 66.0 Å². The van der Waals surface area contributed by atoms with E-state index < -0.39 is 18.1 Å². The Morgan fingerprint density at radius 2 is 1.19 bits per heavy atom. The van der Waals surface area contributed by atoms with Crippen LogP contribution in [0.3, 0.4) is 0 Å². The second kappa shape index (κ2) is 12.1. The lowest BCUT2D eigenvalue weighted by molar-refractivity contribution is 1.01. The molecule has 10 aromatic rings. The number of aromatic nitrogens is 4. The van der Waals surface area contributed by atoms with Crippen LogP contribution in [-0.4, -0.2) is 19.1 Å². The first-order chi connectivity index (χ1) is 27.8. The van der Waals surface area contributed by atoms with E-state index in [0.29, 0.717) is 16.9 Å². The lowest BCUT2D eigenvalue weighted by Gasteiger charge is -2.13. The SMILES string of the molecule is [2H]c1c([2H])c([2H])c(-c2nc(-n3c4ccccc4c4cc(-c5cc6c7ccccc7n(-c7ccccc7)c6cc5/C=C\C=C)ccc43)nc3ccccc23)c([2H])c1[2H]. The van der Waals surface area contributed by atoms with Crippen molar-refractivity contribution in [1.82, 2.24) is 19.1 Å². The number of hydrogen-bond acceptors (Lipinski definition) is 2. The summed E-state index contributed by atoms with van der Waals surface area (Å²) in [4.78, 5) is 10.1. The predicted octanol–water partition coefficient (Wildman–Crippen LogP) is 12.4. The Hall–Kier alpha value is -7.04. The molecule has 0 unspecified atom stereocenters. The second-order valence-electron chi connectivity index (χ2n) is 12.7. The third-order valence-corrected chi connectivity index (χ3v) is 9.78. The summed E-state index contributed by atoms with van der Waals surface area (Å²) >= 11 is 0. The second-order valence-corrected chi connectivity index (χ2v) is 12.7. The molecule has 7 aromatic carbocycles. The van der Waals surface area contributed by atoms with Crippen LogP contribution in [0.4, 0.5) is 0 Å². The molecule has 0 aliphatic heterocycles.